The fourth-order valence-electron chi connectivity index (χ4n) is 2.53. The van der Waals surface area contributed by atoms with Crippen LogP contribution < -0.4 is 0 Å². The van der Waals surface area contributed by atoms with Gasteiger partial charge in [-0.1, -0.05) is 166 Å². The lowest BCUT2D eigenvalue weighted by atomic mass is 9.97. The van der Waals surface area contributed by atoms with Gasteiger partial charge in [-0.3, -0.25) is 0 Å². The number of hydrogen-bond donors (Lipinski definition) is 0. The van der Waals surface area contributed by atoms with Gasteiger partial charge in [0.25, 0.3) is 0 Å². The van der Waals surface area contributed by atoms with Gasteiger partial charge in [0.2, 0.25) is 0 Å². The molecule has 0 radical (unpaired) electrons. The van der Waals surface area contributed by atoms with Crippen molar-refractivity contribution in [3.63, 3.8) is 0 Å². The molecule has 2 aromatic carbocycles. The van der Waals surface area contributed by atoms with Gasteiger partial charge in [0.1, 0.15) is 0 Å². The fourth-order valence-corrected chi connectivity index (χ4v) is 2.53. The average Bonchev–Trinajstić information content (AvgIpc) is 2.73. The molecule has 2 rings (SSSR count). The molecule has 0 bridgehead atoms. The molecule has 0 fully saturated rings. The molecule has 0 atom stereocenters. The summed E-state index contributed by atoms with van der Waals surface area (Å²) in [6.45, 7) is 37.3. The Morgan fingerprint density at radius 2 is 0.333 bits per heavy atom. The second-order valence-corrected chi connectivity index (χ2v) is 13.1. The van der Waals surface area contributed by atoms with Crippen LogP contribution in [0.4, 0.5) is 0 Å². The smallest absolute Gasteiger partial charge is 0.0219 e. The molecule has 0 heterocycles. The van der Waals surface area contributed by atoms with Crippen LogP contribution in [0.15, 0.2) is 48.5 Å². The van der Waals surface area contributed by atoms with E-state index in [1.54, 1.807) is 0 Å². The fraction of sp³-hybridized carbons (Fsp3) is 0.667. The second-order valence-electron chi connectivity index (χ2n) is 13.1. The molecule has 0 aliphatic heterocycles. The van der Waals surface area contributed by atoms with Gasteiger partial charge in [0.05, 0.1) is 0 Å². The highest BCUT2D eigenvalue weighted by Gasteiger charge is 2.01. The maximum atomic E-state index is 2.24. The first-order valence-electron chi connectivity index (χ1n) is 14.6. The van der Waals surface area contributed by atoms with Crippen LogP contribution in [0.25, 0.3) is 0 Å². The molecule has 0 heteroatoms. The summed E-state index contributed by atoms with van der Waals surface area (Å²) < 4.78 is 0. The van der Waals surface area contributed by atoms with E-state index in [0.29, 0.717) is 23.7 Å². The zero-order chi connectivity index (χ0) is 29.0. The summed E-state index contributed by atoms with van der Waals surface area (Å²) in [5.74, 6) is 5.08. The van der Waals surface area contributed by atoms with Crippen molar-refractivity contribution >= 4 is 0 Å². The van der Waals surface area contributed by atoms with Crippen LogP contribution in [-0.4, -0.2) is 0 Å². The first-order valence-corrected chi connectivity index (χ1v) is 14.6. The maximum absolute atomic E-state index is 2.24. The Balaban J connectivity index is -0.000000423. The van der Waals surface area contributed by atoms with Crippen LogP contribution in [-0.2, 0) is 0 Å². The van der Waals surface area contributed by atoms with E-state index in [1.807, 2.05) is 0 Å². The molecule has 0 amide bonds. The third-order valence-electron chi connectivity index (χ3n) is 4.54. The van der Waals surface area contributed by atoms with Gasteiger partial charge in [-0.05, 0) is 63.7 Å². The van der Waals surface area contributed by atoms with E-state index < -0.39 is 0 Å². The largest absolute Gasteiger partial charge is 0.0630 e. The van der Waals surface area contributed by atoms with Gasteiger partial charge in [0, 0.05) is 0 Å². The van der Waals surface area contributed by atoms with Gasteiger partial charge >= 0.3 is 0 Å². The van der Waals surface area contributed by atoms with Crippen molar-refractivity contribution in [1.82, 2.24) is 0 Å². The first kappa shape index (κ1) is 39.0. The number of hydrogen-bond acceptors (Lipinski definition) is 0. The first-order chi connectivity index (χ1) is 16.4. The molecule has 0 nitrogen and oxygen atoms in total. The SMILES string of the molecule is CC(C)C.CC(C)C.CC(C)C.CC(C)c1ccc(C(C)C)cc1.CC(C)c1ccc(C(C)C)cc1. The van der Waals surface area contributed by atoms with E-state index in [1.165, 1.54) is 22.3 Å². The van der Waals surface area contributed by atoms with Gasteiger partial charge < -0.3 is 0 Å². The summed E-state index contributed by atoms with van der Waals surface area (Å²) in [6.07, 6.45) is 0. The van der Waals surface area contributed by atoms with E-state index in [-0.39, 0.29) is 0 Å². The molecule has 0 saturated heterocycles. The minimum absolute atomic E-state index is 0.645. The lowest BCUT2D eigenvalue weighted by molar-refractivity contribution is 0.736. The summed E-state index contributed by atoms with van der Waals surface area (Å²) in [6, 6.07) is 17.9. The molecule has 0 aliphatic rings. The highest BCUT2D eigenvalue weighted by molar-refractivity contribution is 5.27. The van der Waals surface area contributed by atoms with Crippen molar-refractivity contribution in [1.29, 1.82) is 0 Å². The minimum Gasteiger partial charge on any atom is -0.0630 e. The maximum Gasteiger partial charge on any atom is -0.0219 e. The molecule has 0 aromatic heterocycles. The summed E-state index contributed by atoms with van der Waals surface area (Å²) in [4.78, 5) is 0. The molecule has 210 valence electrons. The van der Waals surface area contributed by atoms with Crippen LogP contribution in [0.2, 0.25) is 0 Å². The van der Waals surface area contributed by atoms with Crippen LogP contribution in [0, 0.1) is 17.8 Å². The van der Waals surface area contributed by atoms with E-state index in [4.69, 9.17) is 0 Å². The lowest BCUT2D eigenvalue weighted by Gasteiger charge is -2.08. The Hall–Kier alpha value is -1.56. The molecule has 0 saturated carbocycles. The Bertz CT molecular complexity index is 563. The highest BCUT2D eigenvalue weighted by Crippen LogP contribution is 2.20. The Labute approximate surface area is 229 Å². The zero-order valence-corrected chi connectivity index (χ0v) is 27.7. The quantitative estimate of drug-likeness (QED) is 0.393. The van der Waals surface area contributed by atoms with E-state index in [2.05, 4.69) is 166 Å². The van der Waals surface area contributed by atoms with Crippen molar-refractivity contribution < 1.29 is 0 Å². The van der Waals surface area contributed by atoms with Crippen molar-refractivity contribution in [3.8, 4) is 0 Å². The van der Waals surface area contributed by atoms with Crippen LogP contribution in [0.3, 0.4) is 0 Å². The highest BCUT2D eigenvalue weighted by atomic mass is 14.1. The van der Waals surface area contributed by atoms with Crippen LogP contribution in [0.5, 0.6) is 0 Å². The molecule has 36 heavy (non-hydrogen) atoms. The van der Waals surface area contributed by atoms with Gasteiger partial charge in [-0.15, -0.1) is 0 Å². The van der Waals surface area contributed by atoms with E-state index in [9.17, 15) is 0 Å². The van der Waals surface area contributed by atoms with Gasteiger partial charge in [0.15, 0.2) is 0 Å². The molecule has 2 aromatic rings. The zero-order valence-electron chi connectivity index (χ0n) is 27.7. The van der Waals surface area contributed by atoms with Crippen molar-refractivity contribution in [2.45, 2.75) is 141 Å². The van der Waals surface area contributed by atoms with Crippen molar-refractivity contribution in [2.24, 2.45) is 17.8 Å². The molecular formula is C36H66. The van der Waals surface area contributed by atoms with Crippen LogP contribution in [0.1, 0.15) is 164 Å². The van der Waals surface area contributed by atoms with E-state index >= 15 is 0 Å². The lowest BCUT2D eigenvalue weighted by Crippen LogP contribution is -1.90. The second kappa shape index (κ2) is 22.6. The summed E-state index contributed by atoms with van der Waals surface area (Å²) in [5.41, 5.74) is 5.72. The Kier molecular flexibility index (Phi) is 24.5. The minimum atomic E-state index is 0.645. The number of rotatable bonds is 4. The summed E-state index contributed by atoms with van der Waals surface area (Å²) in [5, 5.41) is 0. The third kappa shape index (κ3) is 27.0. The standard InChI is InChI=1S/2C12H18.3C4H10/c2*1-9(2)11-5-7-12(8-6-11)10(3)4;3*1-4(2)3/h2*5-10H,1-4H3;3*4H,1-3H3. The predicted octanol–water partition coefficient (Wildman–Crippen LogP) is 12.9. The topological polar surface area (TPSA) is 0 Å². The summed E-state index contributed by atoms with van der Waals surface area (Å²) in [7, 11) is 0. The van der Waals surface area contributed by atoms with Crippen molar-refractivity contribution in [3.05, 3.63) is 70.8 Å². The van der Waals surface area contributed by atoms with Crippen LogP contribution >= 0.6 is 0 Å². The average molecular weight is 499 g/mol. The van der Waals surface area contributed by atoms with Gasteiger partial charge in [-0.25, -0.2) is 0 Å². The normalized spacial score (nSPS) is 10.4. The van der Waals surface area contributed by atoms with Gasteiger partial charge in [-0.2, -0.15) is 0 Å². The molecule has 0 N–H and O–H groups in total. The molecule has 0 aliphatic carbocycles. The monoisotopic (exact) mass is 499 g/mol. The molecular weight excluding hydrogens is 432 g/mol. The van der Waals surface area contributed by atoms with Crippen molar-refractivity contribution in [2.75, 3.05) is 0 Å². The van der Waals surface area contributed by atoms with E-state index in [0.717, 1.165) is 17.8 Å². The Morgan fingerprint density at radius 3 is 0.389 bits per heavy atom. The Morgan fingerprint density at radius 1 is 0.250 bits per heavy atom. The predicted molar refractivity (Wildman–Crippen MR) is 171 cm³/mol. The molecule has 0 spiro atoms. The summed E-state index contributed by atoms with van der Waals surface area (Å²) >= 11 is 0. The third-order valence-corrected chi connectivity index (χ3v) is 4.54. The number of benzene rings is 2. The molecule has 0 unspecified atom stereocenters.